The lowest BCUT2D eigenvalue weighted by atomic mass is 9.93. The first kappa shape index (κ1) is 23.7. The summed E-state index contributed by atoms with van der Waals surface area (Å²) in [6.45, 7) is 16.2. The second-order valence-corrected chi connectivity index (χ2v) is 8.89. The van der Waals surface area contributed by atoms with Gasteiger partial charge in [-0.05, 0) is 78.6 Å². The van der Waals surface area contributed by atoms with Crippen LogP contribution in [0.3, 0.4) is 0 Å². The van der Waals surface area contributed by atoms with Crippen molar-refractivity contribution >= 4 is 11.8 Å². The first-order valence-electron chi connectivity index (χ1n) is 10.9. The van der Waals surface area contributed by atoms with Crippen LogP contribution in [0.2, 0.25) is 0 Å². The molecule has 0 aliphatic rings. The van der Waals surface area contributed by atoms with Crippen molar-refractivity contribution in [2.45, 2.75) is 79.6 Å². The van der Waals surface area contributed by atoms with Gasteiger partial charge < -0.3 is 9.80 Å². The monoisotopic (exact) mass is 408 g/mol. The zero-order valence-electron chi connectivity index (χ0n) is 19.6. The molecule has 0 spiro atoms. The van der Waals surface area contributed by atoms with Gasteiger partial charge in [-0.1, -0.05) is 36.4 Å². The molecular weight excluding hydrogens is 372 g/mol. The summed E-state index contributed by atoms with van der Waals surface area (Å²) in [6, 6.07) is 15.5. The average molecular weight is 409 g/mol. The number of amides is 2. The minimum atomic E-state index is -0.0116. The fraction of sp³-hybridized carbons (Fsp3) is 0.462. The van der Waals surface area contributed by atoms with Crippen molar-refractivity contribution in [2.75, 3.05) is 0 Å². The van der Waals surface area contributed by atoms with Gasteiger partial charge in [-0.3, -0.25) is 9.59 Å². The van der Waals surface area contributed by atoms with Crippen LogP contribution in [0.4, 0.5) is 0 Å². The highest BCUT2D eigenvalue weighted by Gasteiger charge is 2.27. The largest absolute Gasteiger partial charge is 0.334 e. The van der Waals surface area contributed by atoms with Crippen LogP contribution in [-0.2, 0) is 0 Å². The molecule has 0 heterocycles. The van der Waals surface area contributed by atoms with Crippen molar-refractivity contribution in [1.29, 1.82) is 0 Å². The zero-order valence-corrected chi connectivity index (χ0v) is 19.6. The quantitative estimate of drug-likeness (QED) is 0.575. The van der Waals surface area contributed by atoms with Gasteiger partial charge in [-0.2, -0.15) is 0 Å². The van der Waals surface area contributed by atoms with E-state index in [0.29, 0.717) is 11.1 Å². The molecule has 0 bridgehead atoms. The molecule has 2 aromatic carbocycles. The molecule has 0 saturated heterocycles. The minimum Gasteiger partial charge on any atom is -0.334 e. The third-order valence-corrected chi connectivity index (χ3v) is 5.30. The Bertz CT molecular complexity index is 795. The Kier molecular flexibility index (Phi) is 7.83. The molecule has 0 aliphatic heterocycles. The van der Waals surface area contributed by atoms with E-state index in [4.69, 9.17) is 0 Å². The van der Waals surface area contributed by atoms with Gasteiger partial charge in [0.1, 0.15) is 0 Å². The summed E-state index contributed by atoms with van der Waals surface area (Å²) in [5, 5.41) is 0. The Morgan fingerprint density at radius 2 is 0.800 bits per heavy atom. The lowest BCUT2D eigenvalue weighted by molar-refractivity contribution is 0.0633. The Morgan fingerprint density at radius 3 is 1.07 bits per heavy atom. The van der Waals surface area contributed by atoms with Crippen molar-refractivity contribution in [3.05, 3.63) is 59.7 Å². The fourth-order valence-corrected chi connectivity index (χ4v) is 4.22. The highest BCUT2D eigenvalue weighted by molar-refractivity contribution is 6.06. The summed E-state index contributed by atoms with van der Waals surface area (Å²) < 4.78 is 0. The highest BCUT2D eigenvalue weighted by Crippen LogP contribution is 2.30. The molecule has 162 valence electrons. The number of carbonyl (C=O) groups is 2. The van der Waals surface area contributed by atoms with E-state index in [1.165, 1.54) is 0 Å². The van der Waals surface area contributed by atoms with Crippen LogP contribution in [0, 0.1) is 0 Å². The number of rotatable bonds is 7. The summed E-state index contributed by atoms with van der Waals surface area (Å²) >= 11 is 0. The Morgan fingerprint density at radius 1 is 0.533 bits per heavy atom. The van der Waals surface area contributed by atoms with E-state index < -0.39 is 0 Å². The van der Waals surface area contributed by atoms with E-state index >= 15 is 0 Å². The number of nitrogens with zero attached hydrogens (tertiary/aromatic N) is 2. The lowest BCUT2D eigenvalue weighted by Gasteiger charge is -2.32. The molecule has 4 nitrogen and oxygen atoms in total. The molecule has 0 aromatic heterocycles. The maximum Gasteiger partial charge on any atom is 0.254 e. The summed E-state index contributed by atoms with van der Waals surface area (Å²) in [7, 11) is 0. The molecule has 4 heteroatoms. The van der Waals surface area contributed by atoms with Crippen molar-refractivity contribution in [1.82, 2.24) is 9.80 Å². The van der Waals surface area contributed by atoms with E-state index in [-0.39, 0.29) is 36.0 Å². The van der Waals surface area contributed by atoms with Crippen molar-refractivity contribution < 1.29 is 9.59 Å². The zero-order chi connectivity index (χ0) is 22.6. The van der Waals surface area contributed by atoms with E-state index in [1.54, 1.807) is 0 Å². The van der Waals surface area contributed by atoms with Crippen LogP contribution in [0.5, 0.6) is 0 Å². The molecule has 2 rings (SSSR count). The van der Waals surface area contributed by atoms with Gasteiger partial charge >= 0.3 is 0 Å². The van der Waals surface area contributed by atoms with Crippen LogP contribution in [0.25, 0.3) is 11.1 Å². The smallest absolute Gasteiger partial charge is 0.254 e. The third-order valence-electron chi connectivity index (χ3n) is 5.30. The lowest BCUT2D eigenvalue weighted by Crippen LogP contribution is -2.42. The summed E-state index contributed by atoms with van der Waals surface area (Å²) in [4.78, 5) is 30.7. The van der Waals surface area contributed by atoms with Crippen molar-refractivity contribution in [3.63, 3.8) is 0 Å². The number of carbonyl (C=O) groups excluding carboxylic acids is 2. The van der Waals surface area contributed by atoms with Gasteiger partial charge in [0, 0.05) is 35.3 Å². The molecule has 0 aliphatic carbocycles. The van der Waals surface area contributed by atoms with Gasteiger partial charge in [0.2, 0.25) is 0 Å². The molecule has 30 heavy (non-hydrogen) atoms. The van der Waals surface area contributed by atoms with Gasteiger partial charge in [-0.25, -0.2) is 0 Å². The van der Waals surface area contributed by atoms with E-state index in [9.17, 15) is 9.59 Å². The predicted octanol–water partition coefficient (Wildman–Crippen LogP) is 5.87. The summed E-state index contributed by atoms with van der Waals surface area (Å²) in [6.07, 6.45) is 0. The van der Waals surface area contributed by atoms with Gasteiger partial charge in [-0.15, -0.1) is 0 Å². The SMILES string of the molecule is CC(C)N(C(=O)c1ccccc1-c1ccccc1C(=O)N(C(C)C)C(C)C)C(C)C. The van der Waals surface area contributed by atoms with Gasteiger partial charge in [0.05, 0.1) is 0 Å². The maximum absolute atomic E-state index is 13.5. The summed E-state index contributed by atoms with van der Waals surface area (Å²) in [5.74, 6) is -0.0233. The van der Waals surface area contributed by atoms with Crippen LogP contribution < -0.4 is 0 Å². The second kappa shape index (κ2) is 9.92. The van der Waals surface area contributed by atoms with Crippen LogP contribution >= 0.6 is 0 Å². The number of hydrogen-bond donors (Lipinski definition) is 0. The van der Waals surface area contributed by atoms with E-state index in [0.717, 1.165) is 11.1 Å². The van der Waals surface area contributed by atoms with Crippen molar-refractivity contribution in [3.8, 4) is 11.1 Å². The normalized spacial score (nSPS) is 11.5. The molecule has 0 radical (unpaired) electrons. The molecule has 2 amide bonds. The fourth-order valence-electron chi connectivity index (χ4n) is 4.22. The van der Waals surface area contributed by atoms with E-state index in [2.05, 4.69) is 0 Å². The number of benzene rings is 2. The highest BCUT2D eigenvalue weighted by atomic mass is 16.2. The van der Waals surface area contributed by atoms with Crippen LogP contribution in [0.15, 0.2) is 48.5 Å². The predicted molar refractivity (Wildman–Crippen MR) is 125 cm³/mol. The Labute approximate surface area is 181 Å². The molecule has 2 aromatic rings. The first-order chi connectivity index (χ1) is 14.1. The second-order valence-electron chi connectivity index (χ2n) is 8.89. The molecule has 0 atom stereocenters. The van der Waals surface area contributed by atoms with Crippen LogP contribution in [-0.4, -0.2) is 45.8 Å². The maximum atomic E-state index is 13.5. The average Bonchev–Trinajstić information content (AvgIpc) is 2.66. The van der Waals surface area contributed by atoms with Gasteiger partial charge in [0.15, 0.2) is 0 Å². The van der Waals surface area contributed by atoms with E-state index in [1.807, 2.05) is 114 Å². The number of hydrogen-bond acceptors (Lipinski definition) is 2. The Balaban J connectivity index is 2.63. The molecular formula is C26H36N2O2. The van der Waals surface area contributed by atoms with Crippen molar-refractivity contribution in [2.24, 2.45) is 0 Å². The molecule has 0 unspecified atom stereocenters. The third kappa shape index (κ3) is 4.92. The standard InChI is InChI=1S/C26H36N2O2/c1-17(2)27(18(3)4)25(29)23-15-11-9-13-21(23)22-14-10-12-16-24(22)26(30)28(19(5)6)20(7)8/h9-20H,1-8H3. The molecule has 0 fully saturated rings. The minimum absolute atomic E-state index is 0.0116. The summed E-state index contributed by atoms with van der Waals surface area (Å²) in [5.41, 5.74) is 2.84. The Hall–Kier alpha value is -2.62. The van der Waals surface area contributed by atoms with Crippen LogP contribution in [0.1, 0.15) is 76.1 Å². The molecule has 0 saturated carbocycles. The first-order valence-corrected chi connectivity index (χ1v) is 10.9. The van der Waals surface area contributed by atoms with Gasteiger partial charge in [0.25, 0.3) is 11.8 Å². The molecule has 0 N–H and O–H groups in total. The topological polar surface area (TPSA) is 40.6 Å².